The van der Waals surface area contributed by atoms with Gasteiger partial charge in [0.15, 0.2) is 0 Å². The number of carbonyl (C=O) groups excluding carboxylic acids is 1. The number of thiazole rings is 1. The normalized spacial score (nSPS) is 11.2. The number of nitrogens with one attached hydrogen (secondary N) is 1. The number of benzene rings is 3. The van der Waals surface area contributed by atoms with Crippen molar-refractivity contribution in [3.8, 4) is 17.3 Å². The number of aromatic nitrogens is 1. The molecule has 1 heterocycles. The molecule has 0 bridgehead atoms. The highest BCUT2D eigenvalue weighted by molar-refractivity contribution is 7.11. The molecule has 1 amide bonds. The average Bonchev–Trinajstić information content (AvgIpc) is 3.24. The second-order valence-corrected chi connectivity index (χ2v) is 7.21. The van der Waals surface area contributed by atoms with E-state index in [1.165, 1.54) is 16.7 Å². The van der Waals surface area contributed by atoms with Crippen LogP contribution in [0.4, 0.5) is 5.69 Å². The van der Waals surface area contributed by atoms with Crippen molar-refractivity contribution in [3.63, 3.8) is 0 Å². The van der Waals surface area contributed by atoms with Gasteiger partial charge in [0.25, 0.3) is 0 Å². The zero-order chi connectivity index (χ0) is 20.2. The first-order chi connectivity index (χ1) is 14.1. The van der Waals surface area contributed by atoms with E-state index in [1.54, 1.807) is 30.5 Å². The van der Waals surface area contributed by atoms with Gasteiger partial charge < -0.3 is 11.1 Å². The molecule has 0 fully saturated rings. The van der Waals surface area contributed by atoms with Crippen LogP contribution in [0.15, 0.2) is 78.3 Å². The topological polar surface area (TPSA) is 91.8 Å². The van der Waals surface area contributed by atoms with E-state index in [1.807, 2.05) is 23.6 Å². The van der Waals surface area contributed by atoms with Crippen molar-refractivity contribution in [2.24, 2.45) is 5.73 Å². The fourth-order valence-corrected chi connectivity index (χ4v) is 3.70. The summed E-state index contributed by atoms with van der Waals surface area (Å²) >= 11 is 1.42. The Morgan fingerprint density at radius 3 is 2.55 bits per heavy atom. The van der Waals surface area contributed by atoms with E-state index in [0.29, 0.717) is 16.1 Å². The number of anilines is 1. The number of carbonyl (C=O) groups is 1. The highest BCUT2D eigenvalue weighted by atomic mass is 32.1. The lowest BCUT2D eigenvalue weighted by Gasteiger charge is -2.02. The molecule has 3 N–H and O–H groups in total. The predicted molar refractivity (Wildman–Crippen MR) is 117 cm³/mol. The summed E-state index contributed by atoms with van der Waals surface area (Å²) in [7, 11) is 0. The Labute approximate surface area is 171 Å². The zero-order valence-corrected chi connectivity index (χ0v) is 16.1. The number of allylic oxidation sites excluding steroid dienone is 1. The predicted octanol–water partition coefficient (Wildman–Crippen LogP) is 5.04. The van der Waals surface area contributed by atoms with Crippen LogP contribution in [0.3, 0.4) is 0 Å². The molecule has 0 atom stereocenters. The maximum absolute atomic E-state index is 11.1. The Hall–Kier alpha value is -3.95. The summed E-state index contributed by atoms with van der Waals surface area (Å²) in [5.74, 6) is -0.478. The maximum Gasteiger partial charge on any atom is 0.248 e. The van der Waals surface area contributed by atoms with Crippen LogP contribution in [0.25, 0.3) is 27.6 Å². The smallest absolute Gasteiger partial charge is 0.248 e. The number of hydrogen-bond donors (Lipinski definition) is 2. The quantitative estimate of drug-likeness (QED) is 0.462. The SMILES string of the molecule is N#CC(=CNc1ccc(C(N)=O)cc1)c1nc(-c2ccc3ccccc3c2)cs1. The van der Waals surface area contributed by atoms with E-state index in [2.05, 4.69) is 40.6 Å². The van der Waals surface area contributed by atoms with Crippen LogP contribution in [-0.2, 0) is 0 Å². The number of primary amides is 1. The average molecular weight is 396 g/mol. The number of nitrogens with two attached hydrogens (primary N) is 1. The third kappa shape index (κ3) is 4.00. The molecule has 6 heteroatoms. The number of amides is 1. The van der Waals surface area contributed by atoms with Gasteiger partial charge in [-0.2, -0.15) is 5.26 Å². The van der Waals surface area contributed by atoms with Gasteiger partial charge in [-0.3, -0.25) is 4.79 Å². The van der Waals surface area contributed by atoms with E-state index in [4.69, 9.17) is 5.73 Å². The minimum Gasteiger partial charge on any atom is -0.366 e. The van der Waals surface area contributed by atoms with E-state index in [-0.39, 0.29) is 0 Å². The van der Waals surface area contributed by atoms with Crippen molar-refractivity contribution in [3.05, 3.63) is 88.9 Å². The number of nitrogens with zero attached hydrogens (tertiary/aromatic N) is 2. The fourth-order valence-electron chi connectivity index (χ4n) is 2.91. The largest absolute Gasteiger partial charge is 0.366 e. The summed E-state index contributed by atoms with van der Waals surface area (Å²) in [5, 5.41) is 17.5. The third-order valence-corrected chi connectivity index (χ3v) is 5.33. The van der Waals surface area contributed by atoms with Crippen molar-refractivity contribution < 1.29 is 4.79 Å². The molecule has 1 aromatic heterocycles. The van der Waals surface area contributed by atoms with Crippen LogP contribution >= 0.6 is 11.3 Å². The number of rotatable bonds is 5. The molecule has 3 aromatic carbocycles. The molecule has 0 aliphatic rings. The Morgan fingerprint density at radius 2 is 1.83 bits per heavy atom. The Balaban J connectivity index is 1.56. The highest BCUT2D eigenvalue weighted by Gasteiger charge is 2.09. The fraction of sp³-hybridized carbons (Fsp3) is 0. The minimum atomic E-state index is -0.478. The number of hydrogen-bond acceptors (Lipinski definition) is 5. The van der Waals surface area contributed by atoms with Gasteiger partial charge in [0.2, 0.25) is 5.91 Å². The first kappa shape index (κ1) is 18.4. The molecule has 0 unspecified atom stereocenters. The van der Waals surface area contributed by atoms with Crippen molar-refractivity contribution in [1.82, 2.24) is 4.98 Å². The molecule has 140 valence electrons. The lowest BCUT2D eigenvalue weighted by atomic mass is 10.1. The van der Waals surface area contributed by atoms with Gasteiger partial charge in [0.1, 0.15) is 16.6 Å². The zero-order valence-electron chi connectivity index (χ0n) is 15.3. The second-order valence-electron chi connectivity index (χ2n) is 6.36. The van der Waals surface area contributed by atoms with Crippen LogP contribution in [0.1, 0.15) is 15.4 Å². The summed E-state index contributed by atoms with van der Waals surface area (Å²) in [6, 6.07) is 23.3. The van der Waals surface area contributed by atoms with Gasteiger partial charge in [-0.1, -0.05) is 36.4 Å². The Bertz CT molecular complexity index is 1270. The van der Waals surface area contributed by atoms with Gasteiger partial charge in [-0.15, -0.1) is 11.3 Å². The first-order valence-electron chi connectivity index (χ1n) is 8.86. The summed E-state index contributed by atoms with van der Waals surface area (Å²) in [6.45, 7) is 0. The van der Waals surface area contributed by atoms with Gasteiger partial charge in [0, 0.05) is 28.4 Å². The number of nitriles is 1. The Kier molecular flexibility index (Phi) is 5.06. The van der Waals surface area contributed by atoms with Gasteiger partial charge in [0.05, 0.1) is 5.69 Å². The number of fused-ring (bicyclic) bond motifs is 1. The van der Waals surface area contributed by atoms with Crippen LogP contribution in [0.5, 0.6) is 0 Å². The van der Waals surface area contributed by atoms with Crippen molar-refractivity contribution in [2.45, 2.75) is 0 Å². The third-order valence-electron chi connectivity index (χ3n) is 4.45. The van der Waals surface area contributed by atoms with Crippen LogP contribution in [-0.4, -0.2) is 10.9 Å². The van der Waals surface area contributed by atoms with Gasteiger partial charge in [-0.25, -0.2) is 4.98 Å². The van der Waals surface area contributed by atoms with Crippen LogP contribution in [0.2, 0.25) is 0 Å². The van der Waals surface area contributed by atoms with Crippen LogP contribution < -0.4 is 11.1 Å². The molecule has 0 aliphatic carbocycles. The summed E-state index contributed by atoms with van der Waals surface area (Å²) in [5.41, 5.74) is 8.70. The molecule has 0 aliphatic heterocycles. The van der Waals surface area contributed by atoms with Gasteiger partial charge in [-0.05, 0) is 41.1 Å². The molecular formula is C23H16N4OS. The second kappa shape index (κ2) is 7.97. The molecule has 4 rings (SSSR count). The molecule has 0 radical (unpaired) electrons. The summed E-state index contributed by atoms with van der Waals surface area (Å²) in [4.78, 5) is 15.8. The van der Waals surface area contributed by atoms with Crippen molar-refractivity contribution >= 4 is 39.3 Å². The van der Waals surface area contributed by atoms with E-state index >= 15 is 0 Å². The Morgan fingerprint density at radius 1 is 1.07 bits per heavy atom. The summed E-state index contributed by atoms with van der Waals surface area (Å²) in [6.07, 6.45) is 1.61. The minimum absolute atomic E-state index is 0.431. The van der Waals surface area contributed by atoms with Crippen molar-refractivity contribution in [1.29, 1.82) is 5.26 Å². The van der Waals surface area contributed by atoms with E-state index in [9.17, 15) is 10.1 Å². The molecule has 0 saturated carbocycles. The molecule has 0 saturated heterocycles. The molecule has 4 aromatic rings. The lowest BCUT2D eigenvalue weighted by Crippen LogP contribution is -2.10. The lowest BCUT2D eigenvalue weighted by molar-refractivity contribution is 0.100. The molecule has 29 heavy (non-hydrogen) atoms. The van der Waals surface area contributed by atoms with E-state index < -0.39 is 5.91 Å². The standard InChI is InChI=1S/C23H16N4OS/c24-12-19(13-26-20-9-7-16(8-10-20)22(25)28)23-27-21(14-29-23)18-6-5-15-3-1-2-4-17(15)11-18/h1-11,13-14,26H,(H2,25,28). The summed E-state index contributed by atoms with van der Waals surface area (Å²) < 4.78 is 0. The van der Waals surface area contributed by atoms with E-state index in [0.717, 1.165) is 22.3 Å². The molecular weight excluding hydrogens is 380 g/mol. The van der Waals surface area contributed by atoms with Gasteiger partial charge >= 0.3 is 0 Å². The maximum atomic E-state index is 11.1. The van der Waals surface area contributed by atoms with Crippen LogP contribution in [0, 0.1) is 11.3 Å². The highest BCUT2D eigenvalue weighted by Crippen LogP contribution is 2.28. The first-order valence-corrected chi connectivity index (χ1v) is 9.74. The molecule has 0 spiro atoms. The van der Waals surface area contributed by atoms with Crippen molar-refractivity contribution in [2.75, 3.05) is 5.32 Å². The monoisotopic (exact) mass is 396 g/mol. The molecule has 5 nitrogen and oxygen atoms in total.